The van der Waals surface area contributed by atoms with Gasteiger partial charge in [-0.1, -0.05) is 6.07 Å². The summed E-state index contributed by atoms with van der Waals surface area (Å²) in [6, 6.07) is 6.83. The van der Waals surface area contributed by atoms with Crippen LogP contribution < -0.4 is 5.32 Å². The topological polar surface area (TPSA) is 97.2 Å². The number of fused-ring (bicyclic) bond motifs is 2. The number of nitrogens with one attached hydrogen (secondary N) is 2. The van der Waals surface area contributed by atoms with Crippen molar-refractivity contribution in [1.82, 2.24) is 34.5 Å². The Bertz CT molecular complexity index is 1430. The highest BCUT2D eigenvalue weighted by molar-refractivity contribution is 5.94. The number of H-pyrrole nitrogens is 1. The van der Waals surface area contributed by atoms with Gasteiger partial charge in [-0.2, -0.15) is 0 Å². The summed E-state index contributed by atoms with van der Waals surface area (Å²) in [5.41, 5.74) is 7.26. The number of aromatic amines is 1. The Labute approximate surface area is 185 Å². The highest BCUT2D eigenvalue weighted by Crippen LogP contribution is 2.32. The van der Waals surface area contributed by atoms with E-state index in [2.05, 4.69) is 73.8 Å². The smallest absolute Gasteiger partial charge is 0.222 e. The third-order valence-corrected chi connectivity index (χ3v) is 5.82. The molecule has 4 heterocycles. The fourth-order valence-corrected chi connectivity index (χ4v) is 3.91. The second-order valence-electron chi connectivity index (χ2n) is 9.36. The SMILES string of the molecule is CC(C)(C)n1cnc2ccc(-c3c[nH]c4ncc(-c5cnc(NC6CC6)nc5)nc34)cc21. The molecule has 0 radical (unpaired) electrons. The van der Waals surface area contributed by atoms with E-state index in [-0.39, 0.29) is 5.54 Å². The third-order valence-electron chi connectivity index (χ3n) is 5.82. The van der Waals surface area contributed by atoms with Crippen molar-refractivity contribution in [3.8, 4) is 22.4 Å². The van der Waals surface area contributed by atoms with Crippen LogP contribution in [0.3, 0.4) is 0 Å². The minimum Gasteiger partial charge on any atom is -0.351 e. The summed E-state index contributed by atoms with van der Waals surface area (Å²) in [5.74, 6) is 0.663. The molecule has 0 aliphatic heterocycles. The van der Waals surface area contributed by atoms with Crippen molar-refractivity contribution < 1.29 is 0 Å². The first-order valence-electron chi connectivity index (χ1n) is 10.9. The summed E-state index contributed by atoms with van der Waals surface area (Å²) >= 11 is 0. The van der Waals surface area contributed by atoms with E-state index < -0.39 is 0 Å². The highest BCUT2D eigenvalue weighted by atomic mass is 15.1. The zero-order valence-electron chi connectivity index (χ0n) is 18.3. The maximum atomic E-state index is 4.91. The Balaban J connectivity index is 1.41. The van der Waals surface area contributed by atoms with Crippen LogP contribution in [-0.2, 0) is 5.54 Å². The number of anilines is 1. The molecule has 32 heavy (non-hydrogen) atoms. The standard InChI is InChI=1S/C24H24N8/c1-24(2,3)32-13-29-18-7-4-14(8-20(18)32)17-11-25-22-21(17)31-19(12-26-22)15-9-27-23(28-10-15)30-16-5-6-16/h4,7-13,16H,5-6H2,1-3H3,(H,25,26)(H,27,28,30). The number of benzene rings is 1. The van der Waals surface area contributed by atoms with E-state index in [1.807, 2.05) is 12.5 Å². The molecule has 160 valence electrons. The Hall–Kier alpha value is -3.81. The van der Waals surface area contributed by atoms with Crippen molar-refractivity contribution >= 4 is 28.1 Å². The van der Waals surface area contributed by atoms with Crippen molar-refractivity contribution in [3.05, 3.63) is 49.3 Å². The molecule has 0 spiro atoms. The predicted molar refractivity (Wildman–Crippen MR) is 125 cm³/mol. The van der Waals surface area contributed by atoms with Gasteiger partial charge < -0.3 is 14.9 Å². The summed E-state index contributed by atoms with van der Waals surface area (Å²) in [6.45, 7) is 6.53. The fourth-order valence-electron chi connectivity index (χ4n) is 3.91. The molecule has 1 aliphatic carbocycles. The molecular formula is C24H24N8. The number of hydrogen-bond acceptors (Lipinski definition) is 6. The molecule has 1 aromatic carbocycles. The van der Waals surface area contributed by atoms with Gasteiger partial charge in [0.15, 0.2) is 5.65 Å². The molecule has 4 aromatic heterocycles. The van der Waals surface area contributed by atoms with Crippen LogP contribution in [0.15, 0.2) is 49.3 Å². The molecule has 6 rings (SSSR count). The van der Waals surface area contributed by atoms with Crippen LogP contribution in [0.4, 0.5) is 5.95 Å². The van der Waals surface area contributed by atoms with Crippen LogP contribution in [0.2, 0.25) is 0 Å². The average Bonchev–Trinajstić information content (AvgIpc) is 3.32. The predicted octanol–water partition coefficient (Wildman–Crippen LogP) is 4.76. The van der Waals surface area contributed by atoms with Gasteiger partial charge >= 0.3 is 0 Å². The van der Waals surface area contributed by atoms with Gasteiger partial charge in [0.1, 0.15) is 5.52 Å². The van der Waals surface area contributed by atoms with Crippen molar-refractivity contribution in [1.29, 1.82) is 0 Å². The van der Waals surface area contributed by atoms with Gasteiger partial charge in [-0.25, -0.2) is 24.9 Å². The first kappa shape index (κ1) is 18.9. The highest BCUT2D eigenvalue weighted by Gasteiger charge is 2.22. The quantitative estimate of drug-likeness (QED) is 0.432. The number of imidazole rings is 1. The maximum Gasteiger partial charge on any atom is 0.222 e. The zero-order valence-corrected chi connectivity index (χ0v) is 18.3. The summed E-state index contributed by atoms with van der Waals surface area (Å²) < 4.78 is 2.20. The monoisotopic (exact) mass is 424 g/mol. The average molecular weight is 425 g/mol. The number of rotatable bonds is 4. The largest absolute Gasteiger partial charge is 0.351 e. The van der Waals surface area contributed by atoms with Crippen LogP contribution >= 0.6 is 0 Å². The molecule has 0 saturated heterocycles. The number of hydrogen-bond donors (Lipinski definition) is 2. The van der Waals surface area contributed by atoms with Gasteiger partial charge in [-0.05, 0) is 51.3 Å². The van der Waals surface area contributed by atoms with Gasteiger partial charge in [0.2, 0.25) is 5.95 Å². The van der Waals surface area contributed by atoms with Crippen molar-refractivity contribution in [2.75, 3.05) is 5.32 Å². The van der Waals surface area contributed by atoms with Crippen molar-refractivity contribution in [3.63, 3.8) is 0 Å². The Morgan fingerprint density at radius 3 is 2.56 bits per heavy atom. The molecule has 1 aliphatic rings. The van der Waals surface area contributed by atoms with Gasteiger partial charge in [0.25, 0.3) is 0 Å². The minimum absolute atomic E-state index is 0.0545. The lowest BCUT2D eigenvalue weighted by Gasteiger charge is -2.21. The molecule has 1 saturated carbocycles. The first-order chi connectivity index (χ1) is 15.5. The fraction of sp³-hybridized carbons (Fsp3) is 0.292. The van der Waals surface area contributed by atoms with Crippen molar-refractivity contribution in [2.24, 2.45) is 0 Å². The number of aromatic nitrogens is 7. The molecular weight excluding hydrogens is 400 g/mol. The molecule has 5 aromatic rings. The van der Waals surface area contributed by atoms with Crippen LogP contribution in [0.1, 0.15) is 33.6 Å². The lowest BCUT2D eigenvalue weighted by atomic mass is 10.1. The molecule has 8 nitrogen and oxygen atoms in total. The second kappa shape index (κ2) is 6.85. The number of nitrogens with zero attached hydrogens (tertiary/aromatic N) is 6. The lowest BCUT2D eigenvalue weighted by Crippen LogP contribution is -2.20. The Kier molecular flexibility index (Phi) is 4.05. The van der Waals surface area contributed by atoms with Crippen LogP contribution in [0.25, 0.3) is 44.6 Å². The van der Waals surface area contributed by atoms with E-state index in [9.17, 15) is 0 Å². The van der Waals surface area contributed by atoms with E-state index in [0.29, 0.717) is 12.0 Å². The van der Waals surface area contributed by atoms with Gasteiger partial charge in [-0.15, -0.1) is 0 Å². The van der Waals surface area contributed by atoms with E-state index in [4.69, 9.17) is 4.98 Å². The Morgan fingerprint density at radius 2 is 1.81 bits per heavy atom. The maximum absolute atomic E-state index is 4.91. The summed E-state index contributed by atoms with van der Waals surface area (Å²) in [4.78, 5) is 26.2. The molecule has 0 unspecified atom stereocenters. The summed E-state index contributed by atoms with van der Waals surface area (Å²) in [6.07, 6.45) is 11.6. The van der Waals surface area contributed by atoms with E-state index in [0.717, 1.165) is 44.6 Å². The molecule has 0 bridgehead atoms. The third kappa shape index (κ3) is 3.28. The molecule has 8 heteroatoms. The normalized spacial score (nSPS) is 14.3. The summed E-state index contributed by atoms with van der Waals surface area (Å²) in [7, 11) is 0. The Morgan fingerprint density at radius 1 is 1.00 bits per heavy atom. The zero-order chi connectivity index (χ0) is 21.9. The molecule has 0 atom stereocenters. The molecule has 2 N–H and O–H groups in total. The van der Waals surface area contributed by atoms with E-state index >= 15 is 0 Å². The minimum atomic E-state index is -0.0545. The van der Waals surface area contributed by atoms with Gasteiger partial charge in [0.05, 0.1) is 29.3 Å². The van der Waals surface area contributed by atoms with Crippen LogP contribution in [0, 0.1) is 0 Å². The molecule has 0 amide bonds. The first-order valence-corrected chi connectivity index (χ1v) is 10.9. The van der Waals surface area contributed by atoms with Crippen molar-refractivity contribution in [2.45, 2.75) is 45.2 Å². The van der Waals surface area contributed by atoms with Gasteiger partial charge in [-0.3, -0.25) is 0 Å². The van der Waals surface area contributed by atoms with Crippen LogP contribution in [-0.4, -0.2) is 40.5 Å². The van der Waals surface area contributed by atoms with E-state index in [1.54, 1.807) is 18.6 Å². The molecule has 1 fully saturated rings. The summed E-state index contributed by atoms with van der Waals surface area (Å²) in [5, 5.41) is 3.31. The lowest BCUT2D eigenvalue weighted by molar-refractivity contribution is 0.408. The van der Waals surface area contributed by atoms with Crippen LogP contribution in [0.5, 0.6) is 0 Å². The van der Waals surface area contributed by atoms with E-state index in [1.165, 1.54) is 12.8 Å². The van der Waals surface area contributed by atoms with Gasteiger partial charge in [0, 0.05) is 41.3 Å². The second-order valence-corrected chi connectivity index (χ2v) is 9.36.